The molecular weight excluding hydrogens is 388 g/mol. The number of nitrogens with two attached hydrogens (primary N) is 1. The van der Waals surface area contributed by atoms with Gasteiger partial charge in [-0.2, -0.15) is 0 Å². The van der Waals surface area contributed by atoms with Crippen LogP contribution in [0.25, 0.3) is 0 Å². The van der Waals surface area contributed by atoms with Gasteiger partial charge in [0.25, 0.3) is 11.5 Å². The standard InChI is InChI=1S/C25H36N4O2/c1-17(2)14-22-6-5-12-28(22)16-23-18(3)15-19(4)25(31)29(23)13-11-20-7-9-21(10-8-20)24(30)27-26/h7-10,15,17,22H,5-6,11-14,16,26H2,1-4H3,(H,27,30)/t22-/m1/s1. The van der Waals surface area contributed by atoms with E-state index < -0.39 is 0 Å². The summed E-state index contributed by atoms with van der Waals surface area (Å²) in [5.41, 5.74) is 6.96. The molecule has 1 aliphatic heterocycles. The Morgan fingerprint density at radius 1 is 1.19 bits per heavy atom. The number of benzene rings is 1. The third-order valence-corrected chi connectivity index (χ3v) is 6.36. The summed E-state index contributed by atoms with van der Waals surface area (Å²) in [4.78, 5) is 27.3. The van der Waals surface area contributed by atoms with Crippen molar-refractivity contribution in [1.29, 1.82) is 0 Å². The van der Waals surface area contributed by atoms with Crippen LogP contribution in [-0.4, -0.2) is 28.0 Å². The molecule has 0 unspecified atom stereocenters. The van der Waals surface area contributed by atoms with E-state index in [1.165, 1.54) is 24.8 Å². The largest absolute Gasteiger partial charge is 0.311 e. The molecule has 1 aliphatic rings. The first-order chi connectivity index (χ1) is 14.8. The van der Waals surface area contributed by atoms with Gasteiger partial charge in [0.15, 0.2) is 0 Å². The number of likely N-dealkylation sites (tertiary alicyclic amines) is 1. The van der Waals surface area contributed by atoms with Gasteiger partial charge in [-0.3, -0.25) is 19.9 Å². The zero-order valence-electron chi connectivity index (χ0n) is 19.3. The quantitative estimate of drug-likeness (QED) is 0.387. The van der Waals surface area contributed by atoms with Gasteiger partial charge < -0.3 is 4.57 Å². The minimum atomic E-state index is -0.305. The number of carbonyl (C=O) groups excluding carboxylic acids is 1. The van der Waals surface area contributed by atoms with Gasteiger partial charge in [-0.25, -0.2) is 5.84 Å². The van der Waals surface area contributed by atoms with E-state index in [1.54, 1.807) is 12.1 Å². The van der Waals surface area contributed by atoms with Crippen molar-refractivity contribution in [3.05, 3.63) is 68.6 Å². The molecule has 168 valence electrons. The molecule has 0 radical (unpaired) electrons. The number of aromatic nitrogens is 1. The first-order valence-electron chi connectivity index (χ1n) is 11.3. The molecule has 0 spiro atoms. The van der Waals surface area contributed by atoms with Crippen LogP contribution in [0.3, 0.4) is 0 Å². The molecule has 1 amide bonds. The molecule has 1 aromatic carbocycles. The summed E-state index contributed by atoms with van der Waals surface area (Å²) in [6.07, 6.45) is 4.42. The summed E-state index contributed by atoms with van der Waals surface area (Å²) < 4.78 is 1.97. The Labute approximate surface area is 185 Å². The van der Waals surface area contributed by atoms with E-state index in [0.29, 0.717) is 24.1 Å². The SMILES string of the molecule is Cc1cc(C)c(=O)n(CCc2ccc(C(=O)NN)cc2)c1CN1CCC[C@@H]1CC(C)C. The monoisotopic (exact) mass is 424 g/mol. The molecule has 6 heteroatoms. The Morgan fingerprint density at radius 2 is 1.90 bits per heavy atom. The fourth-order valence-electron chi connectivity index (χ4n) is 4.72. The average Bonchev–Trinajstić information content (AvgIpc) is 3.17. The fourth-order valence-corrected chi connectivity index (χ4v) is 4.72. The van der Waals surface area contributed by atoms with Crippen LogP contribution in [0, 0.1) is 19.8 Å². The maximum absolute atomic E-state index is 13.1. The van der Waals surface area contributed by atoms with Crippen LogP contribution in [0.5, 0.6) is 0 Å². The number of rotatable bonds is 8. The third-order valence-electron chi connectivity index (χ3n) is 6.36. The van der Waals surface area contributed by atoms with Gasteiger partial charge in [-0.05, 0) is 81.3 Å². The molecule has 0 saturated carbocycles. The molecular formula is C25H36N4O2. The molecule has 6 nitrogen and oxygen atoms in total. The molecule has 3 N–H and O–H groups in total. The number of hydrogen-bond acceptors (Lipinski definition) is 4. The zero-order valence-corrected chi connectivity index (χ0v) is 19.3. The molecule has 2 heterocycles. The van der Waals surface area contributed by atoms with Crippen molar-refractivity contribution in [2.24, 2.45) is 11.8 Å². The second-order valence-electron chi connectivity index (χ2n) is 9.23. The van der Waals surface area contributed by atoms with Crippen molar-refractivity contribution >= 4 is 5.91 Å². The molecule has 3 rings (SSSR count). The first-order valence-corrected chi connectivity index (χ1v) is 11.3. The second-order valence-corrected chi connectivity index (χ2v) is 9.23. The summed E-state index contributed by atoms with van der Waals surface area (Å²) in [5.74, 6) is 5.57. The van der Waals surface area contributed by atoms with E-state index in [4.69, 9.17) is 5.84 Å². The number of hydrazine groups is 1. The van der Waals surface area contributed by atoms with E-state index in [0.717, 1.165) is 36.3 Å². The number of hydrogen-bond donors (Lipinski definition) is 2. The van der Waals surface area contributed by atoms with Crippen LogP contribution in [0.2, 0.25) is 0 Å². The minimum Gasteiger partial charge on any atom is -0.311 e. The molecule has 1 aromatic heterocycles. The predicted octanol–water partition coefficient (Wildman–Crippen LogP) is 3.32. The Kier molecular flexibility index (Phi) is 7.68. The summed E-state index contributed by atoms with van der Waals surface area (Å²) >= 11 is 0. The summed E-state index contributed by atoms with van der Waals surface area (Å²) in [5, 5.41) is 0. The van der Waals surface area contributed by atoms with Gasteiger partial charge in [-0.15, -0.1) is 0 Å². The maximum Gasteiger partial charge on any atom is 0.265 e. The number of amides is 1. The second kappa shape index (κ2) is 10.2. The van der Waals surface area contributed by atoms with Crippen LogP contribution >= 0.6 is 0 Å². The smallest absolute Gasteiger partial charge is 0.265 e. The number of aryl methyl sites for hydroxylation is 3. The van der Waals surface area contributed by atoms with E-state index in [1.807, 2.05) is 29.7 Å². The molecule has 1 saturated heterocycles. The molecule has 1 atom stereocenters. The predicted molar refractivity (Wildman–Crippen MR) is 125 cm³/mol. The van der Waals surface area contributed by atoms with Crippen LogP contribution in [0.15, 0.2) is 35.1 Å². The minimum absolute atomic E-state index is 0.0966. The fraction of sp³-hybridized carbons (Fsp3) is 0.520. The van der Waals surface area contributed by atoms with Crippen molar-refractivity contribution in [2.45, 2.75) is 72.5 Å². The van der Waals surface area contributed by atoms with Crippen LogP contribution in [0.1, 0.15) is 65.9 Å². The van der Waals surface area contributed by atoms with Crippen LogP contribution in [-0.2, 0) is 19.5 Å². The maximum atomic E-state index is 13.1. The lowest BCUT2D eigenvalue weighted by Gasteiger charge is -2.28. The Hall–Kier alpha value is -2.44. The summed E-state index contributed by atoms with van der Waals surface area (Å²) in [6, 6.07) is 10.0. The topological polar surface area (TPSA) is 80.4 Å². The van der Waals surface area contributed by atoms with E-state index in [-0.39, 0.29) is 11.5 Å². The third kappa shape index (κ3) is 5.63. The number of pyridine rings is 1. The van der Waals surface area contributed by atoms with E-state index >= 15 is 0 Å². The highest BCUT2D eigenvalue weighted by atomic mass is 16.2. The molecule has 0 bridgehead atoms. The van der Waals surface area contributed by atoms with Gasteiger partial charge >= 0.3 is 0 Å². The van der Waals surface area contributed by atoms with Gasteiger partial charge in [0.1, 0.15) is 0 Å². The summed E-state index contributed by atoms with van der Waals surface area (Å²) in [6.45, 7) is 11.1. The number of carbonyl (C=O) groups is 1. The van der Waals surface area contributed by atoms with Gasteiger partial charge in [0.2, 0.25) is 0 Å². The van der Waals surface area contributed by atoms with Crippen LogP contribution in [0.4, 0.5) is 0 Å². The van der Waals surface area contributed by atoms with Crippen molar-refractivity contribution in [1.82, 2.24) is 14.9 Å². The molecule has 1 fully saturated rings. The lowest BCUT2D eigenvalue weighted by Crippen LogP contribution is -2.35. The molecule has 0 aliphatic carbocycles. The lowest BCUT2D eigenvalue weighted by molar-refractivity contribution is 0.0953. The van der Waals surface area contributed by atoms with Crippen molar-refractivity contribution < 1.29 is 4.79 Å². The van der Waals surface area contributed by atoms with E-state index in [9.17, 15) is 9.59 Å². The normalized spacial score (nSPS) is 16.8. The average molecular weight is 425 g/mol. The Balaban J connectivity index is 1.81. The molecule has 2 aromatic rings. The van der Waals surface area contributed by atoms with Crippen LogP contribution < -0.4 is 16.8 Å². The van der Waals surface area contributed by atoms with Crippen molar-refractivity contribution in [3.63, 3.8) is 0 Å². The first kappa shape index (κ1) is 23.2. The number of nitrogens with zero attached hydrogens (tertiary/aromatic N) is 2. The van der Waals surface area contributed by atoms with Gasteiger partial charge in [0, 0.05) is 36.0 Å². The molecule has 31 heavy (non-hydrogen) atoms. The highest BCUT2D eigenvalue weighted by Gasteiger charge is 2.26. The zero-order chi connectivity index (χ0) is 22.5. The van der Waals surface area contributed by atoms with Gasteiger partial charge in [0.05, 0.1) is 0 Å². The van der Waals surface area contributed by atoms with Crippen molar-refractivity contribution in [3.8, 4) is 0 Å². The number of nitrogens with one attached hydrogen (secondary N) is 1. The lowest BCUT2D eigenvalue weighted by atomic mass is 10.0. The Morgan fingerprint density at radius 3 is 2.55 bits per heavy atom. The van der Waals surface area contributed by atoms with E-state index in [2.05, 4.69) is 31.1 Å². The van der Waals surface area contributed by atoms with Gasteiger partial charge in [-0.1, -0.05) is 26.0 Å². The number of nitrogen functional groups attached to an aromatic ring is 1. The Bertz CT molecular complexity index is 963. The highest BCUT2D eigenvalue weighted by molar-refractivity contribution is 5.93. The van der Waals surface area contributed by atoms with Crippen molar-refractivity contribution in [2.75, 3.05) is 6.54 Å². The highest BCUT2D eigenvalue weighted by Crippen LogP contribution is 2.26. The summed E-state index contributed by atoms with van der Waals surface area (Å²) in [7, 11) is 0.